The molecule has 0 bridgehead atoms. The quantitative estimate of drug-likeness (QED) is 0.324. The highest BCUT2D eigenvalue weighted by Crippen LogP contribution is 2.59. The number of aromatic nitrogens is 5. The molecule has 1 aliphatic rings. The normalized spacial score (nSPS) is 14.3. The minimum Gasteiger partial charge on any atom is -0.358 e. The van der Waals surface area contributed by atoms with E-state index in [-0.39, 0.29) is 36.4 Å². The van der Waals surface area contributed by atoms with E-state index in [0.29, 0.717) is 23.4 Å². The molecule has 1 aromatic carbocycles. The van der Waals surface area contributed by atoms with Gasteiger partial charge in [-0.2, -0.15) is 18.3 Å². The van der Waals surface area contributed by atoms with Crippen LogP contribution in [0.4, 0.5) is 23.4 Å². The second-order valence-corrected chi connectivity index (χ2v) is 9.17. The van der Waals surface area contributed by atoms with Gasteiger partial charge >= 0.3 is 6.18 Å². The van der Waals surface area contributed by atoms with E-state index in [1.807, 2.05) is 13.2 Å². The molecule has 0 atom stereocenters. The Morgan fingerprint density at radius 2 is 1.92 bits per heavy atom. The number of hydrogen-bond donors (Lipinski definition) is 1. The lowest BCUT2D eigenvalue weighted by Gasteiger charge is -2.14. The molecule has 0 unspecified atom stereocenters. The van der Waals surface area contributed by atoms with Gasteiger partial charge in [0.25, 0.3) is 0 Å². The highest BCUT2D eigenvalue weighted by molar-refractivity contribution is 5.91. The molecule has 5 rings (SSSR count). The number of halogens is 4. The SMILES string of the molecule is C=Cc1nn(C)cc1Cc1ncc(-c2ccc(CC(=O)Nc3cc(C4(C(F)(F)F)CC4)on3)c(F)c2)cn1. The third-order valence-electron chi connectivity index (χ3n) is 6.46. The Morgan fingerprint density at radius 1 is 1.18 bits per heavy atom. The molecule has 12 heteroatoms. The highest BCUT2D eigenvalue weighted by Gasteiger charge is 2.66. The number of nitrogens with zero attached hydrogens (tertiary/aromatic N) is 5. The second kappa shape index (κ2) is 9.51. The Labute approximate surface area is 214 Å². The minimum atomic E-state index is -4.46. The predicted octanol–water partition coefficient (Wildman–Crippen LogP) is 5.01. The summed E-state index contributed by atoms with van der Waals surface area (Å²) in [4.78, 5) is 21.1. The second-order valence-electron chi connectivity index (χ2n) is 9.17. The van der Waals surface area contributed by atoms with E-state index in [1.165, 1.54) is 12.1 Å². The van der Waals surface area contributed by atoms with Crippen molar-refractivity contribution in [1.82, 2.24) is 24.9 Å². The zero-order valence-corrected chi connectivity index (χ0v) is 20.2. The van der Waals surface area contributed by atoms with Gasteiger partial charge in [-0.3, -0.25) is 9.48 Å². The van der Waals surface area contributed by atoms with Gasteiger partial charge in [0, 0.05) is 49.3 Å². The summed E-state index contributed by atoms with van der Waals surface area (Å²) >= 11 is 0. The van der Waals surface area contributed by atoms with Crippen molar-refractivity contribution >= 4 is 17.8 Å². The first-order valence-electron chi connectivity index (χ1n) is 11.7. The monoisotopic (exact) mass is 526 g/mol. The van der Waals surface area contributed by atoms with Crippen molar-refractivity contribution in [1.29, 1.82) is 0 Å². The summed E-state index contributed by atoms with van der Waals surface area (Å²) in [5.74, 6) is -1.19. The van der Waals surface area contributed by atoms with Crippen molar-refractivity contribution in [3.05, 3.63) is 83.7 Å². The van der Waals surface area contributed by atoms with Crippen molar-refractivity contribution in [2.75, 3.05) is 5.32 Å². The maximum absolute atomic E-state index is 14.8. The molecule has 1 fully saturated rings. The molecule has 3 heterocycles. The summed E-state index contributed by atoms with van der Waals surface area (Å²) < 4.78 is 61.0. The predicted molar refractivity (Wildman–Crippen MR) is 129 cm³/mol. The fourth-order valence-electron chi connectivity index (χ4n) is 4.21. The number of aryl methyl sites for hydroxylation is 1. The molecule has 8 nitrogen and oxygen atoms in total. The van der Waals surface area contributed by atoms with Gasteiger partial charge in [0.15, 0.2) is 11.6 Å². The zero-order chi connectivity index (χ0) is 27.1. The molecule has 0 aliphatic heterocycles. The molecule has 0 saturated heterocycles. The van der Waals surface area contributed by atoms with Gasteiger partial charge in [-0.05, 0) is 36.1 Å². The van der Waals surface area contributed by atoms with E-state index in [9.17, 15) is 22.4 Å². The molecular weight excluding hydrogens is 504 g/mol. The topological polar surface area (TPSA) is 98.7 Å². The highest BCUT2D eigenvalue weighted by atomic mass is 19.4. The van der Waals surface area contributed by atoms with Crippen LogP contribution in [0.3, 0.4) is 0 Å². The molecule has 1 amide bonds. The zero-order valence-electron chi connectivity index (χ0n) is 20.2. The molecule has 196 valence electrons. The Balaban J connectivity index is 1.22. The Kier molecular flexibility index (Phi) is 6.33. The summed E-state index contributed by atoms with van der Waals surface area (Å²) in [6, 6.07) is 5.43. The lowest BCUT2D eigenvalue weighted by molar-refractivity contribution is -0.165. The molecule has 1 N–H and O–H groups in total. The number of benzene rings is 1. The third-order valence-corrected chi connectivity index (χ3v) is 6.46. The first-order chi connectivity index (χ1) is 18.1. The number of carbonyl (C=O) groups excluding carboxylic acids is 1. The molecule has 3 aromatic heterocycles. The van der Waals surface area contributed by atoms with Crippen LogP contribution >= 0.6 is 0 Å². The van der Waals surface area contributed by atoms with Crippen LogP contribution in [0.5, 0.6) is 0 Å². The van der Waals surface area contributed by atoms with Crippen LogP contribution in [0.1, 0.15) is 41.2 Å². The van der Waals surface area contributed by atoms with Gasteiger partial charge < -0.3 is 9.84 Å². The molecule has 0 spiro atoms. The van der Waals surface area contributed by atoms with E-state index in [2.05, 4.69) is 32.1 Å². The average Bonchev–Trinajstić information content (AvgIpc) is 3.45. The van der Waals surface area contributed by atoms with Crippen LogP contribution in [0.15, 0.2) is 54.0 Å². The van der Waals surface area contributed by atoms with Crippen LogP contribution in [-0.4, -0.2) is 37.0 Å². The number of amides is 1. The summed E-state index contributed by atoms with van der Waals surface area (Å²) in [7, 11) is 1.81. The van der Waals surface area contributed by atoms with Gasteiger partial charge in [0.05, 0.1) is 12.1 Å². The lowest BCUT2D eigenvalue weighted by atomic mass is 10.0. The Morgan fingerprint density at radius 3 is 2.55 bits per heavy atom. The van der Waals surface area contributed by atoms with Gasteiger partial charge in [-0.25, -0.2) is 14.4 Å². The smallest absolute Gasteiger partial charge is 0.358 e. The van der Waals surface area contributed by atoms with Crippen LogP contribution in [0.25, 0.3) is 17.2 Å². The van der Waals surface area contributed by atoms with Gasteiger partial charge in [0.2, 0.25) is 5.91 Å². The van der Waals surface area contributed by atoms with Gasteiger partial charge in [0.1, 0.15) is 17.1 Å². The first kappa shape index (κ1) is 25.3. The van der Waals surface area contributed by atoms with E-state index >= 15 is 0 Å². The molecule has 1 saturated carbocycles. The lowest BCUT2D eigenvalue weighted by Crippen LogP contribution is -2.28. The van der Waals surface area contributed by atoms with Gasteiger partial charge in [-0.1, -0.05) is 23.9 Å². The number of alkyl halides is 3. The summed E-state index contributed by atoms with van der Waals surface area (Å²) in [6.07, 6.45) is 2.18. The fourth-order valence-corrected chi connectivity index (χ4v) is 4.21. The standard InChI is InChI=1S/C26H22F4N6O2/c1-3-20-17(14-36(2)34-20)9-22-31-12-18(13-32-22)15-4-5-16(19(27)8-15)10-24(37)33-23-11-21(38-35-23)25(6-7-25)26(28,29)30/h3-5,8,11-14H,1,6-7,9-10H2,2H3,(H,33,35,37). The fraction of sp³-hybridized carbons (Fsp3) is 0.269. The number of nitrogens with one attached hydrogen (secondary N) is 1. The summed E-state index contributed by atoms with van der Waals surface area (Å²) in [6.45, 7) is 3.75. The van der Waals surface area contributed by atoms with E-state index in [4.69, 9.17) is 4.52 Å². The molecule has 4 aromatic rings. The Bertz CT molecular complexity index is 1500. The number of hydrogen-bond acceptors (Lipinski definition) is 6. The van der Waals surface area contributed by atoms with Crippen molar-refractivity contribution in [2.45, 2.75) is 37.3 Å². The molecule has 38 heavy (non-hydrogen) atoms. The molecule has 1 aliphatic carbocycles. The van der Waals surface area contributed by atoms with Crippen LogP contribution < -0.4 is 5.32 Å². The average molecular weight is 526 g/mol. The first-order valence-corrected chi connectivity index (χ1v) is 11.7. The van der Waals surface area contributed by atoms with Gasteiger partial charge in [-0.15, -0.1) is 0 Å². The largest absolute Gasteiger partial charge is 0.401 e. The van der Waals surface area contributed by atoms with Crippen LogP contribution in [0.2, 0.25) is 0 Å². The van der Waals surface area contributed by atoms with Crippen molar-refractivity contribution in [3.8, 4) is 11.1 Å². The van der Waals surface area contributed by atoms with Crippen molar-refractivity contribution in [3.63, 3.8) is 0 Å². The summed E-state index contributed by atoms with van der Waals surface area (Å²) in [5.41, 5.74) is 0.856. The number of carbonyl (C=O) groups is 1. The maximum Gasteiger partial charge on any atom is 0.401 e. The van der Waals surface area contributed by atoms with E-state index in [1.54, 1.807) is 29.2 Å². The molecular formula is C26H22F4N6O2. The van der Waals surface area contributed by atoms with Crippen LogP contribution in [-0.2, 0) is 30.1 Å². The van der Waals surface area contributed by atoms with Crippen molar-refractivity contribution < 1.29 is 26.9 Å². The van der Waals surface area contributed by atoms with E-state index in [0.717, 1.165) is 17.3 Å². The minimum absolute atomic E-state index is 0.0921. The van der Waals surface area contributed by atoms with E-state index < -0.39 is 23.3 Å². The number of rotatable bonds is 8. The number of anilines is 1. The van der Waals surface area contributed by atoms with Crippen LogP contribution in [0, 0.1) is 5.82 Å². The third kappa shape index (κ3) is 4.93. The maximum atomic E-state index is 14.8. The summed E-state index contributed by atoms with van der Waals surface area (Å²) in [5, 5.41) is 10.2. The Hall–Kier alpha value is -4.35. The van der Waals surface area contributed by atoms with Crippen molar-refractivity contribution in [2.24, 2.45) is 7.05 Å². The molecule has 0 radical (unpaired) electrons.